The Hall–Kier alpha value is -1.93. The Bertz CT molecular complexity index is 593. The molecule has 0 spiro atoms. The number of methoxy groups -OCH3 is 3. The molecule has 1 heterocycles. The Kier molecular flexibility index (Phi) is 5.73. The predicted octanol–water partition coefficient (Wildman–Crippen LogP) is 1.38. The zero-order valence-electron chi connectivity index (χ0n) is 13.1. The van der Waals surface area contributed by atoms with Gasteiger partial charge in [0.05, 0.1) is 14.2 Å². The molecule has 0 aromatic heterocycles. The van der Waals surface area contributed by atoms with Crippen LogP contribution in [0.25, 0.3) is 0 Å². The summed E-state index contributed by atoms with van der Waals surface area (Å²) in [6.45, 7) is -0.159. The molecule has 126 valence electrons. The summed E-state index contributed by atoms with van der Waals surface area (Å²) in [5, 5.41) is 8.95. The van der Waals surface area contributed by atoms with Gasteiger partial charge in [0.2, 0.25) is 5.91 Å². The van der Waals surface area contributed by atoms with E-state index in [0.717, 1.165) is 5.56 Å². The third kappa shape index (κ3) is 3.53. The molecule has 1 aliphatic rings. The summed E-state index contributed by atoms with van der Waals surface area (Å²) in [5.41, 5.74) is 0.779. The third-order valence-electron chi connectivity index (χ3n) is 3.53. The molecule has 1 aliphatic heterocycles. The van der Waals surface area contributed by atoms with Gasteiger partial charge in [0, 0.05) is 12.9 Å². The average Bonchev–Trinajstić information content (AvgIpc) is 2.99. The van der Waals surface area contributed by atoms with Crippen LogP contribution in [0.15, 0.2) is 18.2 Å². The van der Waals surface area contributed by atoms with E-state index in [2.05, 4.69) is 0 Å². The fourth-order valence-corrected chi connectivity index (χ4v) is 3.89. The lowest BCUT2D eigenvalue weighted by molar-refractivity contribution is -0.150. The first-order valence-corrected chi connectivity index (χ1v) is 7.94. The molecule has 2 rings (SSSR count). The maximum atomic E-state index is 12.3. The first kappa shape index (κ1) is 17.4. The van der Waals surface area contributed by atoms with Crippen LogP contribution in [-0.4, -0.2) is 61.6 Å². The van der Waals surface area contributed by atoms with E-state index in [1.54, 1.807) is 18.2 Å². The summed E-state index contributed by atoms with van der Waals surface area (Å²) >= 11 is 1.40. The minimum atomic E-state index is -1.02. The minimum Gasteiger partial charge on any atom is -0.493 e. The van der Waals surface area contributed by atoms with E-state index in [1.807, 2.05) is 0 Å². The van der Waals surface area contributed by atoms with Gasteiger partial charge in [0.25, 0.3) is 0 Å². The number of carboxylic acid groups (broad SMARTS) is 1. The molecule has 1 fully saturated rings. The third-order valence-corrected chi connectivity index (χ3v) is 4.86. The maximum Gasteiger partial charge on any atom is 0.327 e. The topological polar surface area (TPSA) is 85.3 Å². The molecule has 0 saturated carbocycles. The molecule has 0 unspecified atom stereocenters. The van der Waals surface area contributed by atoms with Crippen LogP contribution in [0.4, 0.5) is 0 Å². The number of hydrogen-bond acceptors (Lipinski definition) is 6. The van der Waals surface area contributed by atoms with Gasteiger partial charge in [-0.3, -0.25) is 4.79 Å². The van der Waals surface area contributed by atoms with Gasteiger partial charge < -0.3 is 24.2 Å². The fourth-order valence-electron chi connectivity index (χ4n) is 2.46. The number of benzene rings is 1. The smallest absolute Gasteiger partial charge is 0.327 e. The molecule has 0 radical (unpaired) electrons. The van der Waals surface area contributed by atoms with Crippen molar-refractivity contribution in [2.24, 2.45) is 0 Å². The van der Waals surface area contributed by atoms with Crippen molar-refractivity contribution < 1.29 is 28.9 Å². The Balaban J connectivity index is 2.36. The predicted molar refractivity (Wildman–Crippen MR) is 84.9 cm³/mol. The van der Waals surface area contributed by atoms with E-state index in [9.17, 15) is 14.7 Å². The van der Waals surface area contributed by atoms with Crippen LogP contribution in [0.3, 0.4) is 0 Å². The second-order valence-electron chi connectivity index (χ2n) is 4.89. The zero-order chi connectivity index (χ0) is 17.0. The number of hydrogen-bond donors (Lipinski definition) is 1. The van der Waals surface area contributed by atoms with Gasteiger partial charge in [-0.2, -0.15) is 0 Å². The largest absolute Gasteiger partial charge is 0.493 e. The second kappa shape index (κ2) is 7.56. The van der Waals surface area contributed by atoms with Crippen molar-refractivity contribution >= 4 is 23.6 Å². The number of ether oxygens (including phenoxy) is 3. The Morgan fingerprint density at radius 2 is 1.96 bits per heavy atom. The standard InChI is InChI=1S/C15H19NO6S/c1-20-7-13(17)16-10(15(18)19)8-23-14(16)9-4-5-11(21-2)12(6-9)22-3/h4-6,10,14H,7-8H2,1-3H3,(H,18,19)/t10-,14-/m1/s1. The highest BCUT2D eigenvalue weighted by Gasteiger charge is 2.42. The highest BCUT2D eigenvalue weighted by molar-refractivity contribution is 7.99. The number of amides is 1. The van der Waals surface area contributed by atoms with Crippen LogP contribution in [-0.2, 0) is 14.3 Å². The maximum absolute atomic E-state index is 12.3. The summed E-state index contributed by atoms with van der Waals surface area (Å²) in [5.74, 6) is 0.0472. The molecule has 1 N–H and O–H groups in total. The van der Waals surface area contributed by atoms with Gasteiger partial charge in [-0.1, -0.05) is 6.07 Å². The van der Waals surface area contributed by atoms with Crippen molar-refractivity contribution in [1.29, 1.82) is 0 Å². The minimum absolute atomic E-state index is 0.159. The first-order valence-electron chi connectivity index (χ1n) is 6.90. The number of rotatable bonds is 6. The van der Waals surface area contributed by atoms with Crippen molar-refractivity contribution in [2.45, 2.75) is 11.4 Å². The van der Waals surface area contributed by atoms with Gasteiger partial charge in [-0.25, -0.2) is 4.79 Å². The number of carbonyl (C=O) groups excluding carboxylic acids is 1. The van der Waals surface area contributed by atoms with Crippen LogP contribution in [0.1, 0.15) is 10.9 Å². The van der Waals surface area contributed by atoms with Crippen LogP contribution in [0, 0.1) is 0 Å². The molecule has 8 heteroatoms. The number of nitrogens with zero attached hydrogens (tertiary/aromatic N) is 1. The van der Waals surface area contributed by atoms with Gasteiger partial charge in [-0.05, 0) is 17.7 Å². The van der Waals surface area contributed by atoms with Gasteiger partial charge in [-0.15, -0.1) is 11.8 Å². The van der Waals surface area contributed by atoms with Crippen LogP contribution in [0.2, 0.25) is 0 Å². The summed E-state index contributed by atoms with van der Waals surface area (Å²) < 4.78 is 15.3. The summed E-state index contributed by atoms with van der Waals surface area (Å²) in [6, 6.07) is 4.42. The van der Waals surface area contributed by atoms with Crippen molar-refractivity contribution in [3.63, 3.8) is 0 Å². The summed E-state index contributed by atoms with van der Waals surface area (Å²) in [7, 11) is 4.47. The van der Waals surface area contributed by atoms with E-state index in [0.29, 0.717) is 17.3 Å². The number of thioether (sulfide) groups is 1. The molecule has 0 aliphatic carbocycles. The lowest BCUT2D eigenvalue weighted by Crippen LogP contribution is -2.44. The second-order valence-corrected chi connectivity index (χ2v) is 6.00. The molecule has 1 aromatic rings. The van der Waals surface area contributed by atoms with Gasteiger partial charge >= 0.3 is 5.97 Å². The fraction of sp³-hybridized carbons (Fsp3) is 0.467. The average molecular weight is 341 g/mol. The van der Waals surface area contributed by atoms with Crippen LogP contribution in [0.5, 0.6) is 11.5 Å². The Morgan fingerprint density at radius 1 is 1.26 bits per heavy atom. The molecule has 1 aromatic carbocycles. The van der Waals surface area contributed by atoms with Crippen molar-refractivity contribution in [1.82, 2.24) is 4.90 Å². The van der Waals surface area contributed by atoms with E-state index in [1.165, 1.54) is 38.0 Å². The monoisotopic (exact) mass is 341 g/mol. The van der Waals surface area contributed by atoms with Gasteiger partial charge in [0.1, 0.15) is 18.0 Å². The number of carbonyl (C=O) groups is 2. The van der Waals surface area contributed by atoms with Crippen LogP contribution < -0.4 is 9.47 Å². The van der Waals surface area contributed by atoms with E-state index < -0.39 is 17.4 Å². The molecule has 23 heavy (non-hydrogen) atoms. The quantitative estimate of drug-likeness (QED) is 0.836. The molecule has 0 bridgehead atoms. The molecular weight excluding hydrogens is 322 g/mol. The van der Waals surface area contributed by atoms with E-state index in [-0.39, 0.29) is 12.5 Å². The van der Waals surface area contributed by atoms with Crippen molar-refractivity contribution in [2.75, 3.05) is 33.7 Å². The summed E-state index contributed by atoms with van der Waals surface area (Å²) in [6.07, 6.45) is 0. The normalized spacial score (nSPS) is 20.4. The molecular formula is C15H19NO6S. The Morgan fingerprint density at radius 3 is 2.52 bits per heavy atom. The zero-order valence-corrected chi connectivity index (χ0v) is 14.0. The van der Waals surface area contributed by atoms with Crippen LogP contribution >= 0.6 is 11.8 Å². The highest BCUT2D eigenvalue weighted by Crippen LogP contribution is 2.43. The summed E-state index contributed by atoms with van der Waals surface area (Å²) in [4.78, 5) is 25.1. The Labute approximate surface area is 138 Å². The molecule has 2 atom stereocenters. The lowest BCUT2D eigenvalue weighted by atomic mass is 10.1. The molecule has 1 saturated heterocycles. The SMILES string of the molecule is COCC(=O)N1[C@@H](C(=O)O)CS[C@@H]1c1ccc(OC)c(OC)c1. The van der Waals surface area contributed by atoms with Crippen molar-refractivity contribution in [3.05, 3.63) is 23.8 Å². The first-order chi connectivity index (χ1) is 11.0. The number of carboxylic acids is 1. The lowest BCUT2D eigenvalue weighted by Gasteiger charge is -2.27. The van der Waals surface area contributed by atoms with Gasteiger partial charge in [0.15, 0.2) is 11.5 Å². The van der Waals surface area contributed by atoms with E-state index in [4.69, 9.17) is 14.2 Å². The molecule has 7 nitrogen and oxygen atoms in total. The highest BCUT2D eigenvalue weighted by atomic mass is 32.2. The molecule has 1 amide bonds. The van der Waals surface area contributed by atoms with Crippen molar-refractivity contribution in [3.8, 4) is 11.5 Å². The van der Waals surface area contributed by atoms with E-state index >= 15 is 0 Å². The number of aliphatic carboxylic acids is 1.